The number of hydrogen-bond donors (Lipinski definition) is 1. The number of pyridine rings is 1. The maximum atomic E-state index is 12.5. The number of imidazole rings is 1. The molecule has 0 saturated carbocycles. The van der Waals surface area contributed by atoms with Crippen LogP contribution in [0.3, 0.4) is 0 Å². The number of aryl methyl sites for hydroxylation is 1. The van der Waals surface area contributed by atoms with E-state index in [-0.39, 0.29) is 9.90 Å². The number of fused-ring (bicyclic) bond motifs is 2. The maximum absolute atomic E-state index is 12.5. The van der Waals surface area contributed by atoms with Crippen molar-refractivity contribution in [3.05, 3.63) is 40.4 Å². The maximum Gasteiger partial charge on any atom is 0.281 e. The summed E-state index contributed by atoms with van der Waals surface area (Å²) in [6, 6.07) is 1.57. The molecule has 7 nitrogen and oxygen atoms in total. The van der Waals surface area contributed by atoms with Gasteiger partial charge in [-0.25, -0.2) is 9.71 Å². The molecule has 0 bridgehead atoms. The lowest BCUT2D eigenvalue weighted by molar-refractivity contribution is 0.0985. The highest BCUT2D eigenvalue weighted by Crippen LogP contribution is 2.30. The molecule has 0 spiro atoms. The van der Waals surface area contributed by atoms with E-state index in [4.69, 9.17) is 11.6 Å². The summed E-state index contributed by atoms with van der Waals surface area (Å²) in [6.45, 7) is 0.587. The Bertz CT molecular complexity index is 1070. The molecular weight excluding hydrogens is 372 g/mol. The van der Waals surface area contributed by atoms with Gasteiger partial charge in [-0.1, -0.05) is 11.6 Å². The predicted molar refractivity (Wildman–Crippen MR) is 89.8 cm³/mol. The highest BCUT2D eigenvalue weighted by molar-refractivity contribution is 7.90. The number of amides is 1. The van der Waals surface area contributed by atoms with E-state index < -0.39 is 15.9 Å². The van der Waals surface area contributed by atoms with Crippen LogP contribution in [0, 0.1) is 0 Å². The van der Waals surface area contributed by atoms with E-state index in [0.29, 0.717) is 17.0 Å². The molecule has 0 aliphatic carbocycles. The number of thiophene rings is 1. The predicted octanol–water partition coefficient (Wildman–Crippen LogP) is 2.21. The molecular formula is C14H11ClN4O3S2. The first-order valence-electron chi connectivity index (χ1n) is 7.10. The zero-order chi connectivity index (χ0) is 16.9. The minimum absolute atomic E-state index is 0.0177. The van der Waals surface area contributed by atoms with Gasteiger partial charge in [-0.15, -0.1) is 11.3 Å². The van der Waals surface area contributed by atoms with Crippen LogP contribution in [0.5, 0.6) is 0 Å². The van der Waals surface area contributed by atoms with Crippen molar-refractivity contribution in [1.29, 1.82) is 0 Å². The van der Waals surface area contributed by atoms with Crippen LogP contribution in [-0.2, 0) is 23.0 Å². The van der Waals surface area contributed by atoms with Crippen LogP contribution in [0.15, 0.2) is 29.7 Å². The highest BCUT2D eigenvalue weighted by atomic mass is 35.5. The first kappa shape index (κ1) is 15.6. The fraction of sp³-hybridized carbons (Fsp3) is 0.214. The van der Waals surface area contributed by atoms with Gasteiger partial charge in [0.2, 0.25) is 0 Å². The number of carbonyl (C=O) groups is 1. The number of nitrogens with one attached hydrogen (secondary N) is 1. The molecule has 1 N–H and O–H groups in total. The van der Waals surface area contributed by atoms with Crippen molar-refractivity contribution < 1.29 is 13.2 Å². The average molecular weight is 383 g/mol. The Labute approximate surface area is 146 Å². The van der Waals surface area contributed by atoms with Crippen LogP contribution in [0.1, 0.15) is 21.9 Å². The fourth-order valence-electron chi connectivity index (χ4n) is 2.71. The molecule has 4 heterocycles. The molecule has 0 atom stereocenters. The van der Waals surface area contributed by atoms with Gasteiger partial charge in [0.15, 0.2) is 5.03 Å². The van der Waals surface area contributed by atoms with Gasteiger partial charge in [-0.3, -0.25) is 9.78 Å². The molecule has 1 aliphatic rings. The Balaban J connectivity index is 1.66. The van der Waals surface area contributed by atoms with Crippen molar-refractivity contribution in [2.75, 3.05) is 0 Å². The molecule has 10 heteroatoms. The molecule has 1 aliphatic heterocycles. The Morgan fingerprint density at radius 2 is 2.17 bits per heavy atom. The topological polar surface area (TPSA) is 94.0 Å². The van der Waals surface area contributed by atoms with Gasteiger partial charge in [-0.2, -0.15) is 8.42 Å². The van der Waals surface area contributed by atoms with Crippen molar-refractivity contribution in [3.63, 3.8) is 0 Å². The van der Waals surface area contributed by atoms with Gasteiger partial charge in [0, 0.05) is 30.7 Å². The van der Waals surface area contributed by atoms with Crippen molar-refractivity contribution in [2.45, 2.75) is 24.4 Å². The second kappa shape index (κ2) is 5.54. The molecule has 3 aromatic rings. The number of sulfonamides is 1. The van der Waals surface area contributed by atoms with E-state index in [2.05, 4.69) is 14.7 Å². The van der Waals surface area contributed by atoms with E-state index in [0.717, 1.165) is 34.7 Å². The zero-order valence-electron chi connectivity index (χ0n) is 12.2. The number of hydrogen-bond acceptors (Lipinski definition) is 6. The molecule has 0 fully saturated rings. The minimum Gasteiger partial charge on any atom is -0.318 e. The fourth-order valence-corrected chi connectivity index (χ4v) is 5.13. The lowest BCUT2D eigenvalue weighted by Crippen LogP contribution is -2.31. The van der Waals surface area contributed by atoms with Crippen molar-refractivity contribution in [1.82, 2.24) is 19.3 Å². The van der Waals surface area contributed by atoms with Crippen LogP contribution >= 0.6 is 22.9 Å². The number of aromatic nitrogens is 3. The van der Waals surface area contributed by atoms with Crippen LogP contribution in [0.2, 0.25) is 5.02 Å². The quantitative estimate of drug-likeness (QED) is 0.749. The smallest absolute Gasteiger partial charge is 0.281 e. The van der Waals surface area contributed by atoms with Crippen molar-refractivity contribution in [3.8, 4) is 0 Å². The lowest BCUT2D eigenvalue weighted by atomic mass is 10.3. The van der Waals surface area contributed by atoms with Crippen molar-refractivity contribution in [2.24, 2.45) is 0 Å². The molecule has 0 aromatic carbocycles. The molecule has 24 heavy (non-hydrogen) atoms. The Morgan fingerprint density at radius 3 is 2.96 bits per heavy atom. The summed E-state index contributed by atoms with van der Waals surface area (Å²) in [5.74, 6) is 0.0309. The molecule has 0 radical (unpaired) electrons. The molecule has 0 unspecified atom stereocenters. The van der Waals surface area contributed by atoms with E-state index in [9.17, 15) is 13.2 Å². The zero-order valence-corrected chi connectivity index (χ0v) is 14.6. The Morgan fingerprint density at radius 1 is 1.33 bits per heavy atom. The van der Waals surface area contributed by atoms with Gasteiger partial charge >= 0.3 is 0 Å². The third-order valence-electron chi connectivity index (χ3n) is 3.81. The second-order valence-electron chi connectivity index (χ2n) is 5.35. The van der Waals surface area contributed by atoms with Crippen LogP contribution in [0.25, 0.3) is 10.1 Å². The van der Waals surface area contributed by atoms with Crippen LogP contribution in [-0.4, -0.2) is 28.9 Å². The molecule has 1 amide bonds. The van der Waals surface area contributed by atoms with Gasteiger partial charge in [0.25, 0.3) is 15.9 Å². The molecule has 0 saturated heterocycles. The average Bonchev–Trinajstić information content (AvgIpc) is 3.21. The SMILES string of the molecule is O=C(NS(=O)(=O)c1cnc2n1CCC2)c1cc2c(Cl)cncc2s1. The summed E-state index contributed by atoms with van der Waals surface area (Å²) in [4.78, 5) is 20.7. The van der Waals surface area contributed by atoms with Gasteiger partial charge < -0.3 is 4.57 Å². The Kier molecular flexibility index (Phi) is 3.59. The summed E-state index contributed by atoms with van der Waals surface area (Å²) in [6.07, 6.45) is 5.94. The summed E-state index contributed by atoms with van der Waals surface area (Å²) >= 11 is 7.17. The summed E-state index contributed by atoms with van der Waals surface area (Å²) in [7, 11) is -3.98. The first-order valence-corrected chi connectivity index (χ1v) is 9.78. The van der Waals surface area contributed by atoms with Crippen LogP contribution < -0.4 is 4.72 Å². The van der Waals surface area contributed by atoms with Gasteiger partial charge in [0.1, 0.15) is 5.82 Å². The summed E-state index contributed by atoms with van der Waals surface area (Å²) in [5.41, 5.74) is 0. The largest absolute Gasteiger partial charge is 0.318 e. The van der Waals surface area contributed by atoms with E-state index in [1.54, 1.807) is 16.8 Å². The molecule has 3 aromatic heterocycles. The summed E-state index contributed by atoms with van der Waals surface area (Å²) < 4.78 is 29.4. The van der Waals surface area contributed by atoms with E-state index in [1.807, 2.05) is 0 Å². The molecule has 4 rings (SSSR count). The number of carbonyl (C=O) groups excluding carboxylic acids is 1. The van der Waals surface area contributed by atoms with Crippen LogP contribution in [0.4, 0.5) is 0 Å². The first-order chi connectivity index (χ1) is 11.5. The summed E-state index contributed by atoms with van der Waals surface area (Å²) in [5, 5.41) is 1.10. The van der Waals surface area contributed by atoms with E-state index in [1.165, 1.54) is 12.4 Å². The monoisotopic (exact) mass is 382 g/mol. The number of rotatable bonds is 3. The van der Waals surface area contributed by atoms with E-state index >= 15 is 0 Å². The third-order valence-corrected chi connectivity index (χ3v) is 6.51. The standard InChI is InChI=1S/C14H11ClN4O3S2/c15-9-5-16-6-11-8(9)4-10(23-11)14(20)18-24(21,22)13-7-17-12-2-1-3-19(12)13/h4-7H,1-3H2,(H,18,20). The number of halogens is 1. The lowest BCUT2D eigenvalue weighted by Gasteiger charge is -2.07. The van der Waals surface area contributed by atoms with Crippen molar-refractivity contribution >= 4 is 49.0 Å². The minimum atomic E-state index is -3.98. The second-order valence-corrected chi connectivity index (χ2v) is 8.47. The molecule has 124 valence electrons. The van der Waals surface area contributed by atoms with Gasteiger partial charge in [0.05, 0.1) is 20.8 Å². The normalized spacial score (nSPS) is 14.0. The Hall–Kier alpha value is -1.97. The number of nitrogens with zero attached hydrogens (tertiary/aromatic N) is 3. The third kappa shape index (κ3) is 2.48. The van der Waals surface area contributed by atoms with Gasteiger partial charge in [-0.05, 0) is 12.5 Å². The highest BCUT2D eigenvalue weighted by Gasteiger charge is 2.27.